The molecule has 112 valence electrons. The number of para-hydroxylation sites is 1. The maximum Gasteiger partial charge on any atom is 0.264 e. The molecular weight excluding hydrogens is 317 g/mol. The van der Waals surface area contributed by atoms with Crippen LogP contribution in [0.5, 0.6) is 0 Å². The number of hydrogen-bond acceptors (Lipinski definition) is 3. The van der Waals surface area contributed by atoms with Crippen LogP contribution in [0.1, 0.15) is 5.56 Å². The Balaban J connectivity index is 2.49. The average molecular weight is 330 g/mol. The Morgan fingerprint density at radius 2 is 1.90 bits per heavy atom. The minimum atomic E-state index is -3.94. The smallest absolute Gasteiger partial charge is 0.264 e. The normalized spacial score (nSPS) is 11.4. The Labute approximate surface area is 127 Å². The van der Waals surface area contributed by atoms with Gasteiger partial charge in [0.05, 0.1) is 17.2 Å². The molecule has 0 aliphatic heterocycles. The lowest BCUT2D eigenvalue weighted by molar-refractivity contribution is 0.281. The van der Waals surface area contributed by atoms with Gasteiger partial charge in [-0.3, -0.25) is 4.31 Å². The van der Waals surface area contributed by atoms with Gasteiger partial charge in [-0.15, -0.1) is 0 Å². The van der Waals surface area contributed by atoms with Crippen LogP contribution in [0, 0.1) is 5.82 Å². The van der Waals surface area contributed by atoms with Gasteiger partial charge in [-0.2, -0.15) is 0 Å². The molecule has 0 atom stereocenters. The molecule has 2 rings (SSSR count). The molecule has 0 radical (unpaired) electrons. The Hall–Kier alpha value is -1.63. The highest BCUT2D eigenvalue weighted by atomic mass is 35.5. The number of nitrogens with zero attached hydrogens (tertiary/aromatic N) is 1. The maximum absolute atomic E-state index is 13.7. The molecule has 2 aromatic rings. The van der Waals surface area contributed by atoms with Crippen molar-refractivity contribution in [2.45, 2.75) is 11.5 Å². The summed E-state index contributed by atoms with van der Waals surface area (Å²) in [5, 5.41) is 9.42. The van der Waals surface area contributed by atoms with Gasteiger partial charge in [-0.05, 0) is 35.9 Å². The van der Waals surface area contributed by atoms with Crippen molar-refractivity contribution in [3.63, 3.8) is 0 Å². The highest BCUT2D eigenvalue weighted by Crippen LogP contribution is 2.27. The topological polar surface area (TPSA) is 57.6 Å². The van der Waals surface area contributed by atoms with E-state index in [1.807, 2.05) is 0 Å². The third kappa shape index (κ3) is 3.02. The first-order valence-electron chi connectivity index (χ1n) is 6.00. The second-order valence-electron chi connectivity index (χ2n) is 4.34. The van der Waals surface area contributed by atoms with Gasteiger partial charge in [0.2, 0.25) is 0 Å². The summed E-state index contributed by atoms with van der Waals surface area (Å²) >= 11 is 5.84. The van der Waals surface area contributed by atoms with E-state index in [-0.39, 0.29) is 22.2 Å². The van der Waals surface area contributed by atoms with Crippen molar-refractivity contribution in [2.24, 2.45) is 0 Å². The highest BCUT2D eigenvalue weighted by Gasteiger charge is 2.24. The van der Waals surface area contributed by atoms with Gasteiger partial charge >= 0.3 is 0 Å². The number of aliphatic hydroxyl groups is 1. The van der Waals surface area contributed by atoms with Crippen LogP contribution in [-0.2, 0) is 16.6 Å². The number of hydrogen-bond donors (Lipinski definition) is 1. The van der Waals surface area contributed by atoms with E-state index in [1.165, 1.54) is 43.4 Å². The van der Waals surface area contributed by atoms with E-state index in [9.17, 15) is 12.8 Å². The van der Waals surface area contributed by atoms with Crippen LogP contribution in [0.15, 0.2) is 47.4 Å². The van der Waals surface area contributed by atoms with Crippen LogP contribution in [0.25, 0.3) is 0 Å². The third-order valence-corrected chi connectivity index (χ3v) is 5.17. The number of aliphatic hydroxyl groups excluding tert-OH is 1. The number of halogens is 2. The Bertz CT molecular complexity index is 765. The number of benzene rings is 2. The molecule has 0 unspecified atom stereocenters. The Kier molecular flexibility index (Phi) is 4.51. The summed E-state index contributed by atoms with van der Waals surface area (Å²) in [6.07, 6.45) is 0. The summed E-state index contributed by atoms with van der Waals surface area (Å²) in [5.74, 6) is -0.639. The highest BCUT2D eigenvalue weighted by molar-refractivity contribution is 7.92. The van der Waals surface area contributed by atoms with Crippen LogP contribution < -0.4 is 4.31 Å². The van der Waals surface area contributed by atoms with E-state index >= 15 is 0 Å². The molecule has 0 aliphatic carbocycles. The molecule has 2 aromatic carbocycles. The molecule has 0 amide bonds. The van der Waals surface area contributed by atoms with Gasteiger partial charge in [0.15, 0.2) is 0 Å². The molecule has 0 spiro atoms. The fourth-order valence-electron chi connectivity index (χ4n) is 1.83. The van der Waals surface area contributed by atoms with Gasteiger partial charge in [0, 0.05) is 12.1 Å². The molecule has 4 nitrogen and oxygen atoms in total. The summed E-state index contributed by atoms with van der Waals surface area (Å²) in [7, 11) is -2.68. The second kappa shape index (κ2) is 6.01. The van der Waals surface area contributed by atoms with Crippen LogP contribution in [0.4, 0.5) is 10.1 Å². The fourth-order valence-corrected chi connectivity index (χ4v) is 3.26. The molecule has 0 aliphatic rings. The monoisotopic (exact) mass is 329 g/mol. The lowest BCUT2D eigenvalue weighted by Gasteiger charge is -2.20. The third-order valence-electron chi connectivity index (χ3n) is 3.04. The predicted molar refractivity (Wildman–Crippen MR) is 79.4 cm³/mol. The van der Waals surface area contributed by atoms with Crippen molar-refractivity contribution < 1.29 is 17.9 Å². The van der Waals surface area contributed by atoms with Crippen LogP contribution in [0.2, 0.25) is 5.02 Å². The first-order chi connectivity index (χ1) is 9.87. The van der Waals surface area contributed by atoms with E-state index in [1.54, 1.807) is 6.07 Å². The zero-order chi connectivity index (χ0) is 15.6. The first-order valence-corrected chi connectivity index (χ1v) is 7.82. The first kappa shape index (κ1) is 15.8. The van der Waals surface area contributed by atoms with E-state index < -0.39 is 15.8 Å². The molecule has 0 aromatic heterocycles. The second-order valence-corrected chi connectivity index (χ2v) is 6.71. The minimum absolute atomic E-state index is 0.0574. The molecule has 0 bridgehead atoms. The molecule has 7 heteroatoms. The zero-order valence-corrected chi connectivity index (χ0v) is 12.7. The minimum Gasteiger partial charge on any atom is -0.392 e. The van der Waals surface area contributed by atoms with E-state index in [4.69, 9.17) is 16.7 Å². The van der Waals surface area contributed by atoms with Gasteiger partial charge in [-0.1, -0.05) is 23.7 Å². The molecule has 0 fully saturated rings. The predicted octanol–water partition coefficient (Wildman–Crippen LogP) is 2.80. The van der Waals surface area contributed by atoms with Crippen molar-refractivity contribution in [2.75, 3.05) is 11.4 Å². The molecule has 0 heterocycles. The summed E-state index contributed by atoms with van der Waals surface area (Å²) in [5.41, 5.74) is 0.234. The Morgan fingerprint density at radius 1 is 1.24 bits per heavy atom. The molecule has 0 saturated heterocycles. The van der Waals surface area contributed by atoms with Crippen LogP contribution in [-0.4, -0.2) is 20.6 Å². The van der Waals surface area contributed by atoms with Gasteiger partial charge in [-0.25, -0.2) is 12.8 Å². The SMILES string of the molecule is CN(c1ccccc1F)S(=O)(=O)c1ccc(Cl)c(CO)c1. The number of anilines is 1. The van der Waals surface area contributed by atoms with Crippen molar-refractivity contribution in [1.29, 1.82) is 0 Å². The number of sulfonamides is 1. The number of rotatable bonds is 4. The van der Waals surface area contributed by atoms with Crippen molar-refractivity contribution in [3.05, 3.63) is 58.9 Å². The standard InChI is InChI=1S/C14H13ClFNO3S/c1-17(14-5-3-2-4-13(14)16)21(19,20)11-6-7-12(15)10(8-11)9-18/h2-8,18H,9H2,1H3. The Morgan fingerprint density at radius 3 is 2.52 bits per heavy atom. The molecule has 0 saturated carbocycles. The fraction of sp³-hybridized carbons (Fsp3) is 0.143. The van der Waals surface area contributed by atoms with Crippen molar-refractivity contribution in [3.8, 4) is 0 Å². The van der Waals surface area contributed by atoms with Gasteiger partial charge < -0.3 is 5.11 Å². The van der Waals surface area contributed by atoms with E-state index in [0.29, 0.717) is 5.56 Å². The van der Waals surface area contributed by atoms with Gasteiger partial charge in [0.1, 0.15) is 5.82 Å². The molecule has 1 N–H and O–H groups in total. The lowest BCUT2D eigenvalue weighted by atomic mass is 10.2. The zero-order valence-electron chi connectivity index (χ0n) is 11.1. The van der Waals surface area contributed by atoms with Crippen LogP contribution >= 0.6 is 11.6 Å². The summed E-state index contributed by atoms with van der Waals surface area (Å²) in [6, 6.07) is 9.55. The molecule has 21 heavy (non-hydrogen) atoms. The van der Waals surface area contributed by atoms with Crippen molar-refractivity contribution in [1.82, 2.24) is 0 Å². The van der Waals surface area contributed by atoms with Crippen LogP contribution in [0.3, 0.4) is 0 Å². The summed E-state index contributed by atoms with van der Waals surface area (Å²) < 4.78 is 39.6. The lowest BCUT2D eigenvalue weighted by Crippen LogP contribution is -2.27. The maximum atomic E-state index is 13.7. The van der Waals surface area contributed by atoms with E-state index in [0.717, 1.165) is 4.31 Å². The van der Waals surface area contributed by atoms with Gasteiger partial charge in [0.25, 0.3) is 10.0 Å². The van der Waals surface area contributed by atoms with Crippen molar-refractivity contribution >= 4 is 27.3 Å². The largest absolute Gasteiger partial charge is 0.392 e. The quantitative estimate of drug-likeness (QED) is 0.938. The van der Waals surface area contributed by atoms with E-state index in [2.05, 4.69) is 0 Å². The summed E-state index contributed by atoms with van der Waals surface area (Å²) in [6.45, 7) is -0.383. The average Bonchev–Trinajstić information content (AvgIpc) is 2.47. The molecular formula is C14H13ClFNO3S. The summed E-state index contributed by atoms with van der Waals surface area (Å²) in [4.78, 5) is -0.0679.